The molecule has 30 heavy (non-hydrogen) atoms. The predicted octanol–water partition coefficient (Wildman–Crippen LogP) is 4.74. The Labute approximate surface area is 176 Å². The highest BCUT2D eigenvalue weighted by atomic mass is 16.1. The van der Waals surface area contributed by atoms with Gasteiger partial charge in [-0.1, -0.05) is 38.1 Å². The minimum absolute atomic E-state index is 0.220. The van der Waals surface area contributed by atoms with Crippen LogP contribution in [0.25, 0.3) is 10.9 Å². The molecule has 1 amide bonds. The van der Waals surface area contributed by atoms with Crippen LogP contribution in [0.5, 0.6) is 0 Å². The van der Waals surface area contributed by atoms with Crippen LogP contribution in [0.4, 0.5) is 11.5 Å². The fraction of sp³-hybridized carbons (Fsp3) is 0.333. The number of primary amides is 1. The highest BCUT2D eigenvalue weighted by molar-refractivity contribution is 6.07. The van der Waals surface area contributed by atoms with Crippen LogP contribution in [0, 0.1) is 11.8 Å². The Morgan fingerprint density at radius 2 is 1.93 bits per heavy atom. The molecule has 0 saturated heterocycles. The van der Waals surface area contributed by atoms with Gasteiger partial charge in [-0.3, -0.25) is 9.79 Å². The summed E-state index contributed by atoms with van der Waals surface area (Å²) >= 11 is 0. The number of aliphatic imine (C=N–C) groups is 1. The van der Waals surface area contributed by atoms with Gasteiger partial charge in [-0.15, -0.1) is 0 Å². The number of hydrogen-bond donors (Lipinski definition) is 2. The maximum atomic E-state index is 11.8. The third kappa shape index (κ3) is 4.03. The predicted molar refractivity (Wildman–Crippen MR) is 121 cm³/mol. The maximum Gasteiger partial charge on any atom is 0.250 e. The number of nitrogens with one attached hydrogen (secondary N) is 1. The van der Waals surface area contributed by atoms with Crippen LogP contribution in [0.15, 0.2) is 59.9 Å². The summed E-state index contributed by atoms with van der Waals surface area (Å²) in [5.41, 5.74) is 8.72. The van der Waals surface area contributed by atoms with Crippen LogP contribution in [-0.4, -0.2) is 27.6 Å². The van der Waals surface area contributed by atoms with Gasteiger partial charge in [0.2, 0.25) is 0 Å². The molecule has 3 aromatic rings. The molecular weight excluding hydrogens is 374 g/mol. The second-order valence-electron chi connectivity index (χ2n) is 8.01. The van der Waals surface area contributed by atoms with Gasteiger partial charge in [0.15, 0.2) is 0 Å². The van der Waals surface area contributed by atoms with E-state index in [1.54, 1.807) is 6.07 Å². The molecule has 1 fully saturated rings. The first-order chi connectivity index (χ1) is 14.6. The quantitative estimate of drug-likeness (QED) is 0.584. The molecule has 154 valence electrons. The lowest BCUT2D eigenvalue weighted by atomic mass is 9.94. The van der Waals surface area contributed by atoms with Crippen molar-refractivity contribution in [3.8, 4) is 0 Å². The van der Waals surface area contributed by atoms with E-state index in [9.17, 15) is 4.79 Å². The first-order valence-corrected chi connectivity index (χ1v) is 10.5. The molecule has 1 aliphatic rings. The lowest BCUT2D eigenvalue weighted by Gasteiger charge is -2.23. The molecule has 3 N–H and O–H groups in total. The number of nitrogens with zero attached hydrogens (tertiary/aromatic N) is 3. The Kier molecular flexibility index (Phi) is 5.74. The molecule has 6 nitrogen and oxygen atoms in total. The van der Waals surface area contributed by atoms with Crippen LogP contribution in [0.2, 0.25) is 0 Å². The number of hydrogen-bond acceptors (Lipinski definition) is 5. The van der Waals surface area contributed by atoms with Crippen LogP contribution < -0.4 is 11.1 Å². The van der Waals surface area contributed by atoms with E-state index in [1.165, 1.54) is 12.0 Å². The molecule has 0 spiro atoms. The van der Waals surface area contributed by atoms with E-state index in [1.807, 2.05) is 42.5 Å². The summed E-state index contributed by atoms with van der Waals surface area (Å²) in [5.74, 6) is 1.17. The number of fused-ring (bicyclic) bond motifs is 1. The van der Waals surface area contributed by atoms with Gasteiger partial charge in [0.1, 0.15) is 12.1 Å². The number of carbonyl (C=O) groups excluding carboxylic acids is 1. The molecule has 1 saturated carbocycles. The second-order valence-corrected chi connectivity index (χ2v) is 8.01. The summed E-state index contributed by atoms with van der Waals surface area (Å²) in [6, 6.07) is 15.8. The minimum Gasteiger partial charge on any atom is -0.366 e. The van der Waals surface area contributed by atoms with Crippen molar-refractivity contribution in [3.63, 3.8) is 0 Å². The van der Waals surface area contributed by atoms with Crippen LogP contribution in [0.1, 0.15) is 43.5 Å². The molecule has 2 aromatic carbocycles. The highest BCUT2D eigenvalue weighted by Gasteiger charge is 2.35. The molecular formula is C24H27N5O. The van der Waals surface area contributed by atoms with Crippen molar-refractivity contribution in [2.75, 3.05) is 5.32 Å². The van der Waals surface area contributed by atoms with Gasteiger partial charge >= 0.3 is 0 Å². The molecule has 0 aliphatic heterocycles. The first-order valence-electron chi connectivity index (χ1n) is 10.5. The maximum absolute atomic E-state index is 11.8. The van der Waals surface area contributed by atoms with E-state index in [-0.39, 0.29) is 6.04 Å². The number of aromatic nitrogens is 2. The zero-order valence-corrected chi connectivity index (χ0v) is 17.4. The van der Waals surface area contributed by atoms with Crippen molar-refractivity contribution in [1.29, 1.82) is 0 Å². The molecule has 6 heteroatoms. The van der Waals surface area contributed by atoms with Crippen LogP contribution >= 0.6 is 0 Å². The van der Waals surface area contributed by atoms with E-state index >= 15 is 0 Å². The van der Waals surface area contributed by atoms with E-state index in [0.29, 0.717) is 22.9 Å². The topological polar surface area (TPSA) is 93.3 Å². The van der Waals surface area contributed by atoms with Gasteiger partial charge in [-0.25, -0.2) is 9.97 Å². The molecule has 4 rings (SSSR count). The number of amides is 1. The lowest BCUT2D eigenvalue weighted by molar-refractivity contribution is 0.100. The lowest BCUT2D eigenvalue weighted by Crippen LogP contribution is -2.30. The van der Waals surface area contributed by atoms with Crippen molar-refractivity contribution in [2.24, 2.45) is 22.6 Å². The highest BCUT2D eigenvalue weighted by Crippen LogP contribution is 2.36. The van der Waals surface area contributed by atoms with Gasteiger partial charge in [-0.05, 0) is 49.4 Å². The van der Waals surface area contributed by atoms with Crippen molar-refractivity contribution < 1.29 is 4.79 Å². The summed E-state index contributed by atoms with van der Waals surface area (Å²) in [5, 5.41) is 4.46. The third-order valence-electron chi connectivity index (χ3n) is 5.87. The van der Waals surface area contributed by atoms with E-state index < -0.39 is 5.91 Å². The fourth-order valence-corrected chi connectivity index (χ4v) is 4.49. The summed E-state index contributed by atoms with van der Waals surface area (Å²) in [4.78, 5) is 25.5. The number of para-hydroxylation sites is 2. The average Bonchev–Trinajstić information content (AvgIpc) is 3.12. The van der Waals surface area contributed by atoms with E-state index in [2.05, 4.69) is 29.1 Å². The van der Waals surface area contributed by atoms with Crippen LogP contribution in [-0.2, 0) is 0 Å². The third-order valence-corrected chi connectivity index (χ3v) is 5.87. The Morgan fingerprint density at radius 1 is 1.13 bits per heavy atom. The smallest absolute Gasteiger partial charge is 0.250 e. The van der Waals surface area contributed by atoms with Gasteiger partial charge in [0.05, 0.1) is 16.8 Å². The second kappa shape index (κ2) is 8.61. The van der Waals surface area contributed by atoms with Crippen LogP contribution in [0.3, 0.4) is 0 Å². The Hall–Kier alpha value is -3.28. The fourth-order valence-electron chi connectivity index (χ4n) is 4.49. The van der Waals surface area contributed by atoms with Gasteiger partial charge in [0.25, 0.3) is 5.91 Å². The Morgan fingerprint density at radius 3 is 2.67 bits per heavy atom. The Balaban J connectivity index is 1.67. The molecule has 1 aromatic heterocycles. The minimum atomic E-state index is -0.485. The zero-order chi connectivity index (χ0) is 21.1. The molecule has 1 aliphatic carbocycles. The first kappa shape index (κ1) is 20.0. The van der Waals surface area contributed by atoms with Crippen molar-refractivity contribution in [3.05, 3.63) is 60.4 Å². The molecule has 3 atom stereocenters. The van der Waals surface area contributed by atoms with Crippen molar-refractivity contribution in [1.82, 2.24) is 9.97 Å². The summed E-state index contributed by atoms with van der Waals surface area (Å²) in [7, 11) is 0. The zero-order valence-electron chi connectivity index (χ0n) is 17.4. The van der Waals surface area contributed by atoms with Gasteiger partial charge in [-0.2, -0.15) is 0 Å². The van der Waals surface area contributed by atoms with Crippen molar-refractivity contribution >= 4 is 34.0 Å². The monoisotopic (exact) mass is 401 g/mol. The summed E-state index contributed by atoms with van der Waals surface area (Å²) < 4.78 is 0. The van der Waals surface area contributed by atoms with Gasteiger partial charge in [0, 0.05) is 23.1 Å². The SMILES string of the molecule is CCC(=Nc1ccccc1)C1CC(C)CC1Nc1ncnc2c(C(N)=O)cccc12. The van der Waals surface area contributed by atoms with E-state index in [4.69, 9.17) is 10.7 Å². The van der Waals surface area contributed by atoms with E-state index in [0.717, 1.165) is 36.2 Å². The number of carbonyl (C=O) groups is 1. The number of rotatable bonds is 6. The summed E-state index contributed by atoms with van der Waals surface area (Å²) in [6.07, 6.45) is 4.52. The summed E-state index contributed by atoms with van der Waals surface area (Å²) in [6.45, 7) is 4.45. The standard InChI is InChI=1S/C24H27N5O/c1-3-20(28-16-8-5-4-6-9-16)19-12-15(2)13-21(19)29-24-18-11-7-10-17(23(25)30)22(18)26-14-27-24/h4-11,14-15,19,21H,3,12-13H2,1-2H3,(H2,25,30)(H,26,27,29). The number of benzene rings is 2. The molecule has 0 radical (unpaired) electrons. The molecule has 0 bridgehead atoms. The number of anilines is 1. The molecule has 3 unspecified atom stereocenters. The molecule has 1 heterocycles. The average molecular weight is 402 g/mol. The number of nitrogens with two attached hydrogens (primary N) is 1. The van der Waals surface area contributed by atoms with Crippen molar-refractivity contribution in [2.45, 2.75) is 39.2 Å². The Bertz CT molecular complexity index is 1080. The largest absolute Gasteiger partial charge is 0.366 e. The normalized spacial score (nSPS) is 21.7. The van der Waals surface area contributed by atoms with Gasteiger partial charge < -0.3 is 11.1 Å².